The molecule has 6 heteroatoms. The van der Waals surface area contributed by atoms with Gasteiger partial charge < -0.3 is 5.32 Å². The predicted molar refractivity (Wildman–Crippen MR) is 82.6 cm³/mol. The largest absolute Gasteiger partial charge is 0.325 e. The first-order valence-electron chi connectivity index (χ1n) is 6.93. The summed E-state index contributed by atoms with van der Waals surface area (Å²) in [4.78, 5) is 12.0. The smallest absolute Gasteiger partial charge is 0.242 e. The zero-order valence-electron chi connectivity index (χ0n) is 12.3. The molecule has 0 aliphatic carbocycles. The van der Waals surface area contributed by atoms with Gasteiger partial charge in [-0.25, -0.2) is 8.42 Å². The van der Waals surface area contributed by atoms with Crippen LogP contribution < -0.4 is 5.32 Å². The highest BCUT2D eigenvalue weighted by molar-refractivity contribution is 7.92. The number of amides is 1. The topological polar surface area (TPSA) is 87.0 Å². The molecule has 0 saturated carbocycles. The molecule has 0 radical (unpaired) electrons. The number of unbranched alkanes of at least 4 members (excludes halogenated alkanes) is 2. The molecule has 1 N–H and O–H groups in total. The minimum absolute atomic E-state index is 0.0306. The van der Waals surface area contributed by atoms with Gasteiger partial charge in [0.05, 0.1) is 17.4 Å². The molecule has 1 aromatic carbocycles. The Labute approximate surface area is 125 Å². The summed E-state index contributed by atoms with van der Waals surface area (Å²) in [7, 11) is -3.43. The monoisotopic (exact) mass is 308 g/mol. The molecule has 0 aliphatic heterocycles. The average Bonchev–Trinajstić information content (AvgIpc) is 2.47. The van der Waals surface area contributed by atoms with Crippen molar-refractivity contribution >= 4 is 21.4 Å². The number of rotatable bonds is 7. The van der Waals surface area contributed by atoms with Crippen LogP contribution in [0.1, 0.15) is 38.7 Å². The molecule has 5 nitrogen and oxygen atoms in total. The fraction of sp³-hybridized carbons (Fsp3) is 0.467. The van der Waals surface area contributed by atoms with Gasteiger partial charge in [0.25, 0.3) is 0 Å². The summed E-state index contributed by atoms with van der Waals surface area (Å²) in [6.45, 7) is 3.40. The molecule has 0 saturated heterocycles. The summed E-state index contributed by atoms with van der Waals surface area (Å²) in [5.41, 5.74) is 0.961. The number of nitriles is 1. The van der Waals surface area contributed by atoms with Crippen LogP contribution >= 0.6 is 0 Å². The molecule has 0 aliphatic rings. The fourth-order valence-electron chi connectivity index (χ4n) is 1.77. The maximum atomic E-state index is 12.0. The zero-order chi connectivity index (χ0) is 15.9. The Morgan fingerprint density at radius 3 is 2.43 bits per heavy atom. The molecule has 1 aromatic rings. The van der Waals surface area contributed by atoms with Crippen LogP contribution in [0.25, 0.3) is 0 Å². The highest BCUT2D eigenvalue weighted by Gasteiger charge is 2.27. The van der Waals surface area contributed by atoms with Crippen molar-refractivity contribution in [3.05, 3.63) is 29.8 Å². The molecule has 1 unspecified atom stereocenters. The number of carbonyl (C=O) groups is 1. The van der Waals surface area contributed by atoms with Crippen molar-refractivity contribution in [2.45, 2.75) is 38.4 Å². The van der Waals surface area contributed by atoms with Gasteiger partial charge in [-0.15, -0.1) is 0 Å². The molecule has 0 aromatic heterocycles. The molecule has 0 fully saturated rings. The van der Waals surface area contributed by atoms with Crippen LogP contribution in [-0.4, -0.2) is 25.3 Å². The van der Waals surface area contributed by atoms with Gasteiger partial charge in [0.15, 0.2) is 9.84 Å². The van der Waals surface area contributed by atoms with E-state index in [2.05, 4.69) is 5.32 Å². The first-order chi connectivity index (χ1) is 9.90. The van der Waals surface area contributed by atoms with Crippen molar-refractivity contribution < 1.29 is 13.2 Å². The van der Waals surface area contributed by atoms with E-state index in [1.807, 2.05) is 13.0 Å². The Kier molecular flexibility index (Phi) is 6.38. The van der Waals surface area contributed by atoms with E-state index in [4.69, 9.17) is 5.26 Å². The van der Waals surface area contributed by atoms with Crippen molar-refractivity contribution in [3.63, 3.8) is 0 Å². The van der Waals surface area contributed by atoms with Gasteiger partial charge in [-0.3, -0.25) is 4.79 Å². The number of nitrogens with zero attached hydrogens (tertiary/aromatic N) is 1. The van der Waals surface area contributed by atoms with E-state index in [0.717, 1.165) is 12.8 Å². The lowest BCUT2D eigenvalue weighted by Gasteiger charge is -2.13. The Morgan fingerprint density at radius 2 is 1.90 bits per heavy atom. The highest BCUT2D eigenvalue weighted by atomic mass is 32.2. The highest BCUT2D eigenvalue weighted by Crippen LogP contribution is 2.12. The van der Waals surface area contributed by atoms with Crippen molar-refractivity contribution in [3.8, 4) is 6.07 Å². The Balaban J connectivity index is 2.67. The normalized spacial score (nSPS) is 12.4. The maximum absolute atomic E-state index is 12.0. The lowest BCUT2D eigenvalue weighted by molar-refractivity contribution is -0.115. The second-order valence-corrected chi connectivity index (χ2v) is 7.34. The van der Waals surface area contributed by atoms with Gasteiger partial charge in [0, 0.05) is 5.69 Å². The van der Waals surface area contributed by atoms with E-state index >= 15 is 0 Å². The number of carbonyl (C=O) groups excluding carboxylic acids is 1. The third-order valence-corrected chi connectivity index (χ3v) is 5.37. The van der Waals surface area contributed by atoms with E-state index < -0.39 is 21.0 Å². The zero-order valence-corrected chi connectivity index (χ0v) is 13.1. The van der Waals surface area contributed by atoms with Crippen molar-refractivity contribution in [2.24, 2.45) is 0 Å². The standard InChI is InChI=1S/C15H20N2O3S/c1-3-4-5-10-21(19,20)12(2)15(18)17-14-8-6-13(11-16)7-9-14/h6-9,12H,3-5,10H2,1-2H3,(H,17,18). The molecule has 114 valence electrons. The molecule has 1 amide bonds. The third-order valence-electron chi connectivity index (χ3n) is 3.22. The molecular weight excluding hydrogens is 288 g/mol. The molecule has 1 atom stereocenters. The third kappa shape index (κ3) is 5.20. The van der Waals surface area contributed by atoms with Gasteiger partial charge in [0.1, 0.15) is 5.25 Å². The number of benzene rings is 1. The second kappa shape index (κ2) is 7.79. The van der Waals surface area contributed by atoms with Crippen molar-refractivity contribution in [1.82, 2.24) is 0 Å². The maximum Gasteiger partial charge on any atom is 0.242 e. The van der Waals surface area contributed by atoms with Crippen LogP contribution in [-0.2, 0) is 14.6 Å². The van der Waals surface area contributed by atoms with Gasteiger partial charge in [0.2, 0.25) is 5.91 Å². The lowest BCUT2D eigenvalue weighted by atomic mass is 10.2. The van der Waals surface area contributed by atoms with Crippen molar-refractivity contribution in [2.75, 3.05) is 11.1 Å². The first-order valence-corrected chi connectivity index (χ1v) is 8.65. The minimum atomic E-state index is -3.43. The summed E-state index contributed by atoms with van der Waals surface area (Å²) in [6, 6.07) is 8.26. The summed E-state index contributed by atoms with van der Waals surface area (Å²) in [5.74, 6) is -0.515. The molecule has 0 bridgehead atoms. The average molecular weight is 308 g/mol. The van der Waals surface area contributed by atoms with Gasteiger partial charge in [-0.1, -0.05) is 19.8 Å². The summed E-state index contributed by atoms with van der Waals surface area (Å²) >= 11 is 0. The first kappa shape index (κ1) is 17.2. The van der Waals surface area contributed by atoms with E-state index in [1.54, 1.807) is 24.3 Å². The Morgan fingerprint density at radius 1 is 1.29 bits per heavy atom. The van der Waals surface area contributed by atoms with E-state index in [9.17, 15) is 13.2 Å². The predicted octanol–water partition coefficient (Wildman–Crippen LogP) is 2.49. The minimum Gasteiger partial charge on any atom is -0.325 e. The summed E-state index contributed by atoms with van der Waals surface area (Å²) in [6.07, 6.45) is 2.35. The molecule has 21 heavy (non-hydrogen) atoms. The van der Waals surface area contributed by atoms with Crippen LogP contribution in [0.3, 0.4) is 0 Å². The summed E-state index contributed by atoms with van der Waals surface area (Å²) in [5, 5.41) is 10.2. The SMILES string of the molecule is CCCCCS(=O)(=O)C(C)C(=O)Nc1ccc(C#N)cc1. The summed E-state index contributed by atoms with van der Waals surface area (Å²) < 4.78 is 24.1. The van der Waals surface area contributed by atoms with Crippen LogP contribution in [0.5, 0.6) is 0 Å². The molecule has 1 rings (SSSR count). The van der Waals surface area contributed by atoms with Crippen LogP contribution in [0, 0.1) is 11.3 Å². The van der Waals surface area contributed by atoms with Gasteiger partial charge in [-0.2, -0.15) is 5.26 Å². The van der Waals surface area contributed by atoms with Gasteiger partial charge >= 0.3 is 0 Å². The van der Waals surface area contributed by atoms with Crippen LogP contribution in [0.4, 0.5) is 5.69 Å². The number of hydrogen-bond acceptors (Lipinski definition) is 4. The number of nitrogens with one attached hydrogen (secondary N) is 1. The molecule has 0 spiro atoms. The second-order valence-electron chi connectivity index (χ2n) is 4.89. The lowest BCUT2D eigenvalue weighted by Crippen LogP contribution is -2.34. The van der Waals surface area contributed by atoms with E-state index in [1.165, 1.54) is 6.92 Å². The van der Waals surface area contributed by atoms with Crippen LogP contribution in [0.15, 0.2) is 24.3 Å². The van der Waals surface area contributed by atoms with E-state index in [-0.39, 0.29) is 5.75 Å². The van der Waals surface area contributed by atoms with Crippen LogP contribution in [0.2, 0.25) is 0 Å². The van der Waals surface area contributed by atoms with E-state index in [0.29, 0.717) is 17.7 Å². The Bertz CT molecular complexity index is 615. The quantitative estimate of drug-likeness (QED) is 0.784. The van der Waals surface area contributed by atoms with Gasteiger partial charge in [-0.05, 0) is 37.6 Å². The molecule has 0 heterocycles. The fourth-order valence-corrected chi connectivity index (χ4v) is 3.11. The number of anilines is 1. The number of hydrogen-bond donors (Lipinski definition) is 1. The Hall–Kier alpha value is -1.87. The molecular formula is C15H20N2O3S. The van der Waals surface area contributed by atoms with Crippen molar-refractivity contribution in [1.29, 1.82) is 5.26 Å². The number of sulfone groups is 1.